The minimum atomic E-state index is -4.31. The van der Waals surface area contributed by atoms with Crippen molar-refractivity contribution in [1.29, 1.82) is 0 Å². The van der Waals surface area contributed by atoms with E-state index >= 15 is 0 Å². The summed E-state index contributed by atoms with van der Waals surface area (Å²) in [6, 6.07) is 5.14. The van der Waals surface area contributed by atoms with Crippen LogP contribution in [0.25, 0.3) is 0 Å². The average Bonchev–Trinajstić information content (AvgIpc) is 2.50. The minimum Gasteiger partial charge on any atom is -0.381 e. The average molecular weight is 302 g/mol. The lowest BCUT2D eigenvalue weighted by atomic mass is 10.1. The summed E-state index contributed by atoms with van der Waals surface area (Å²) in [6.07, 6.45) is -3.55. The quantitative estimate of drug-likeness (QED) is 0.775. The fraction of sp³-hybridized carbons (Fsp3) is 0.600. The summed E-state index contributed by atoms with van der Waals surface area (Å²) in [5, 5.41) is 5.50. The maximum absolute atomic E-state index is 12.5. The molecule has 0 amide bonds. The van der Waals surface area contributed by atoms with Gasteiger partial charge >= 0.3 is 6.18 Å². The molecule has 0 aromatic heterocycles. The molecule has 0 aliphatic heterocycles. The first kappa shape index (κ1) is 22.1. The van der Waals surface area contributed by atoms with E-state index in [4.69, 9.17) is 7.98 Å². The second kappa shape index (κ2) is 12.6. The number of rotatable bonds is 5. The second-order valence-electron chi connectivity index (χ2n) is 3.74. The van der Waals surface area contributed by atoms with Gasteiger partial charge in [0.2, 0.25) is 0 Å². The molecule has 2 nitrogen and oxygen atoms in total. The Bertz CT molecular complexity index is 357. The molecular formula is C15H26BF3N2. The molecule has 6 heteroatoms. The molecule has 0 spiro atoms. The van der Waals surface area contributed by atoms with Crippen molar-refractivity contribution in [2.45, 2.75) is 53.3 Å². The van der Waals surface area contributed by atoms with E-state index in [9.17, 15) is 13.2 Å². The van der Waals surface area contributed by atoms with E-state index < -0.39 is 11.7 Å². The Labute approximate surface area is 127 Å². The maximum atomic E-state index is 12.5. The number of alkyl halides is 3. The zero-order valence-electron chi connectivity index (χ0n) is 13.5. The summed E-state index contributed by atoms with van der Waals surface area (Å²) in [5.41, 5.74) is -0.208. The summed E-state index contributed by atoms with van der Waals surface area (Å²) >= 11 is 0. The monoisotopic (exact) mass is 302 g/mol. The zero-order valence-corrected chi connectivity index (χ0v) is 13.5. The Kier molecular flexibility index (Phi) is 13.2. The van der Waals surface area contributed by atoms with Gasteiger partial charge in [-0.3, -0.25) is 0 Å². The SMILES string of the molecule is CC.CC.[B]NCC(CC)Nc1cccc(C(F)(F)F)c1. The minimum absolute atomic E-state index is 0.00323. The van der Waals surface area contributed by atoms with Gasteiger partial charge in [0, 0.05) is 18.3 Å². The van der Waals surface area contributed by atoms with Crippen LogP contribution in [-0.2, 0) is 6.18 Å². The van der Waals surface area contributed by atoms with Gasteiger partial charge in [-0.1, -0.05) is 40.7 Å². The molecule has 0 heterocycles. The molecule has 2 radical (unpaired) electrons. The highest BCUT2D eigenvalue weighted by molar-refractivity contribution is 6.04. The van der Waals surface area contributed by atoms with Crippen molar-refractivity contribution < 1.29 is 13.2 Å². The topological polar surface area (TPSA) is 24.1 Å². The third-order valence-corrected chi connectivity index (χ3v) is 2.42. The fourth-order valence-electron chi connectivity index (χ4n) is 1.46. The maximum Gasteiger partial charge on any atom is 0.416 e. The lowest BCUT2D eigenvalue weighted by Gasteiger charge is -2.18. The van der Waals surface area contributed by atoms with Gasteiger partial charge in [0.05, 0.1) is 5.56 Å². The van der Waals surface area contributed by atoms with Crippen molar-refractivity contribution in [3.63, 3.8) is 0 Å². The first-order valence-electron chi connectivity index (χ1n) is 7.34. The van der Waals surface area contributed by atoms with Crippen LogP contribution in [0.1, 0.15) is 46.6 Å². The molecule has 0 saturated heterocycles. The zero-order chi connectivity index (χ0) is 16.9. The van der Waals surface area contributed by atoms with E-state index in [0.717, 1.165) is 18.6 Å². The van der Waals surface area contributed by atoms with Crippen molar-refractivity contribution in [3.05, 3.63) is 29.8 Å². The lowest BCUT2D eigenvalue weighted by Crippen LogP contribution is -2.31. The van der Waals surface area contributed by atoms with Crippen LogP contribution in [0.2, 0.25) is 0 Å². The van der Waals surface area contributed by atoms with Crippen LogP contribution < -0.4 is 10.5 Å². The summed E-state index contributed by atoms with van der Waals surface area (Å²) in [4.78, 5) is 0. The van der Waals surface area contributed by atoms with Crippen molar-refractivity contribution >= 4 is 13.7 Å². The molecule has 2 N–H and O–H groups in total. The molecular weight excluding hydrogens is 276 g/mol. The van der Waals surface area contributed by atoms with Crippen LogP contribution in [0, 0.1) is 0 Å². The van der Waals surface area contributed by atoms with Gasteiger partial charge in [-0.25, -0.2) is 0 Å². The van der Waals surface area contributed by atoms with Gasteiger partial charge in [0.15, 0.2) is 7.98 Å². The number of nitrogens with one attached hydrogen (secondary N) is 2. The molecule has 0 fully saturated rings. The van der Waals surface area contributed by atoms with Crippen LogP contribution in [0.4, 0.5) is 18.9 Å². The Morgan fingerprint density at radius 2 is 1.71 bits per heavy atom. The predicted octanol–water partition coefficient (Wildman–Crippen LogP) is 4.62. The van der Waals surface area contributed by atoms with Crippen molar-refractivity contribution in [2.24, 2.45) is 0 Å². The summed E-state index contributed by atoms with van der Waals surface area (Å²) in [7, 11) is 5.19. The predicted molar refractivity (Wildman–Crippen MR) is 85.6 cm³/mol. The van der Waals surface area contributed by atoms with E-state index in [-0.39, 0.29) is 6.04 Å². The Morgan fingerprint density at radius 1 is 1.14 bits per heavy atom. The van der Waals surface area contributed by atoms with E-state index in [1.165, 1.54) is 6.07 Å². The number of benzene rings is 1. The Balaban J connectivity index is 0. The van der Waals surface area contributed by atoms with E-state index in [1.54, 1.807) is 6.07 Å². The number of halogens is 3. The molecule has 0 saturated carbocycles. The molecule has 120 valence electrons. The summed E-state index contributed by atoms with van der Waals surface area (Å²) < 4.78 is 37.4. The molecule has 1 rings (SSSR count). The van der Waals surface area contributed by atoms with Gasteiger partial charge in [0.25, 0.3) is 0 Å². The third kappa shape index (κ3) is 9.40. The van der Waals surface area contributed by atoms with Gasteiger partial charge in [-0.05, 0) is 24.6 Å². The second-order valence-corrected chi connectivity index (χ2v) is 3.74. The highest BCUT2D eigenvalue weighted by Gasteiger charge is 2.30. The van der Waals surface area contributed by atoms with E-state index in [2.05, 4.69) is 10.5 Å². The van der Waals surface area contributed by atoms with Gasteiger partial charge in [-0.15, -0.1) is 0 Å². The Morgan fingerprint density at radius 3 is 2.14 bits per heavy atom. The van der Waals surface area contributed by atoms with Crippen molar-refractivity contribution in [1.82, 2.24) is 5.23 Å². The fourth-order valence-corrected chi connectivity index (χ4v) is 1.46. The Hall–Kier alpha value is -1.17. The molecule has 1 atom stereocenters. The van der Waals surface area contributed by atoms with E-state index in [0.29, 0.717) is 12.2 Å². The highest BCUT2D eigenvalue weighted by Crippen LogP contribution is 2.30. The normalized spacial score (nSPS) is 11.4. The van der Waals surface area contributed by atoms with Crippen LogP contribution in [-0.4, -0.2) is 20.6 Å². The van der Waals surface area contributed by atoms with Gasteiger partial charge in [-0.2, -0.15) is 13.2 Å². The molecule has 1 unspecified atom stereocenters. The number of hydrogen-bond donors (Lipinski definition) is 2. The van der Waals surface area contributed by atoms with Crippen LogP contribution in [0.3, 0.4) is 0 Å². The summed E-state index contributed by atoms with van der Waals surface area (Å²) in [6.45, 7) is 10.4. The van der Waals surface area contributed by atoms with Gasteiger partial charge < -0.3 is 10.5 Å². The van der Waals surface area contributed by atoms with Crippen LogP contribution in [0.15, 0.2) is 24.3 Å². The standard InChI is InChI=1S/C11H14BF3N2.2C2H6/c1-2-9(7-16-12)17-10-5-3-4-8(6-10)11(13,14)15;2*1-2/h3-6,9,16-17H,2,7H2,1H3;2*1-2H3. The van der Waals surface area contributed by atoms with Crippen molar-refractivity contribution in [2.75, 3.05) is 11.9 Å². The molecule has 21 heavy (non-hydrogen) atoms. The largest absolute Gasteiger partial charge is 0.416 e. The smallest absolute Gasteiger partial charge is 0.381 e. The number of hydrogen-bond acceptors (Lipinski definition) is 2. The molecule has 0 bridgehead atoms. The molecule has 0 aliphatic rings. The van der Waals surface area contributed by atoms with Crippen LogP contribution in [0.5, 0.6) is 0 Å². The van der Waals surface area contributed by atoms with Crippen LogP contribution >= 0.6 is 0 Å². The first-order valence-corrected chi connectivity index (χ1v) is 7.34. The molecule has 0 aliphatic carbocycles. The summed E-state index contributed by atoms with van der Waals surface area (Å²) in [5.74, 6) is 0. The molecule has 1 aromatic carbocycles. The van der Waals surface area contributed by atoms with Gasteiger partial charge in [0.1, 0.15) is 0 Å². The lowest BCUT2D eigenvalue weighted by molar-refractivity contribution is -0.137. The number of anilines is 1. The first-order chi connectivity index (χ1) is 9.97. The highest BCUT2D eigenvalue weighted by atomic mass is 19.4. The van der Waals surface area contributed by atoms with Crippen molar-refractivity contribution in [3.8, 4) is 0 Å². The third-order valence-electron chi connectivity index (χ3n) is 2.42. The molecule has 1 aromatic rings. The van der Waals surface area contributed by atoms with E-state index in [1.807, 2.05) is 34.6 Å².